The zero-order valence-electron chi connectivity index (χ0n) is 11.8. The molecule has 21 heavy (non-hydrogen) atoms. The molecule has 4 rings (SSSR count). The predicted molar refractivity (Wildman–Crippen MR) is 89.9 cm³/mol. The molecule has 0 amide bonds. The number of aryl methyl sites for hydroxylation is 1. The summed E-state index contributed by atoms with van der Waals surface area (Å²) in [7, 11) is 0. The van der Waals surface area contributed by atoms with Crippen LogP contribution < -0.4 is 5.32 Å². The van der Waals surface area contributed by atoms with Gasteiger partial charge in [-0.05, 0) is 42.7 Å². The standard InChI is InChI=1S/C17H16BrN3/c1-10-6-13(18)8-15-16(10)21-17(20-15)12-7-11-4-2-3-5-14(11)19-9-12/h2-6,8,12,19H,7,9H2,1H3,(H,20,21). The Morgan fingerprint density at radius 3 is 3.00 bits per heavy atom. The summed E-state index contributed by atoms with van der Waals surface area (Å²) in [5, 5.41) is 3.51. The number of H-pyrrole nitrogens is 1. The van der Waals surface area contributed by atoms with Crippen molar-refractivity contribution < 1.29 is 0 Å². The highest BCUT2D eigenvalue weighted by molar-refractivity contribution is 9.10. The van der Waals surface area contributed by atoms with Crippen LogP contribution in [0.15, 0.2) is 40.9 Å². The number of imidazole rings is 1. The molecule has 0 fully saturated rings. The first kappa shape index (κ1) is 12.9. The van der Waals surface area contributed by atoms with E-state index in [9.17, 15) is 0 Å². The van der Waals surface area contributed by atoms with Crippen LogP contribution in [0.4, 0.5) is 5.69 Å². The van der Waals surface area contributed by atoms with Crippen molar-refractivity contribution in [1.29, 1.82) is 0 Å². The normalized spacial score (nSPS) is 17.5. The Morgan fingerprint density at radius 1 is 1.24 bits per heavy atom. The predicted octanol–water partition coefficient (Wildman–Crippen LogP) is 4.39. The molecule has 3 nitrogen and oxygen atoms in total. The number of para-hydroxylation sites is 1. The molecule has 4 heteroatoms. The number of aromatic nitrogens is 2. The number of hydrogen-bond donors (Lipinski definition) is 2. The molecule has 3 aromatic rings. The highest BCUT2D eigenvalue weighted by atomic mass is 79.9. The number of benzene rings is 2. The van der Waals surface area contributed by atoms with Gasteiger partial charge in [0.1, 0.15) is 5.82 Å². The molecule has 0 spiro atoms. The summed E-state index contributed by atoms with van der Waals surface area (Å²) in [6.07, 6.45) is 1.03. The fourth-order valence-corrected chi connectivity index (χ4v) is 3.67. The quantitative estimate of drug-likeness (QED) is 0.689. The summed E-state index contributed by atoms with van der Waals surface area (Å²) >= 11 is 3.55. The monoisotopic (exact) mass is 341 g/mol. The van der Waals surface area contributed by atoms with Crippen molar-refractivity contribution in [3.63, 3.8) is 0 Å². The van der Waals surface area contributed by atoms with Crippen molar-refractivity contribution in [3.8, 4) is 0 Å². The molecule has 0 radical (unpaired) electrons. The van der Waals surface area contributed by atoms with Crippen molar-refractivity contribution in [2.45, 2.75) is 19.3 Å². The first-order valence-corrected chi connectivity index (χ1v) is 7.97. The average molecular weight is 342 g/mol. The van der Waals surface area contributed by atoms with Gasteiger partial charge in [0.05, 0.1) is 11.0 Å². The van der Waals surface area contributed by atoms with Gasteiger partial charge in [-0.2, -0.15) is 0 Å². The number of aromatic amines is 1. The van der Waals surface area contributed by atoms with Crippen molar-refractivity contribution in [2.24, 2.45) is 0 Å². The average Bonchev–Trinajstić information content (AvgIpc) is 2.91. The maximum absolute atomic E-state index is 4.83. The molecule has 0 bridgehead atoms. The molecule has 0 saturated carbocycles. The molecule has 1 aromatic heterocycles. The Hall–Kier alpha value is -1.81. The zero-order chi connectivity index (χ0) is 14.4. The molecule has 1 aliphatic rings. The summed E-state index contributed by atoms with van der Waals surface area (Å²) in [4.78, 5) is 8.33. The third kappa shape index (κ3) is 2.23. The maximum Gasteiger partial charge on any atom is 0.112 e. The zero-order valence-corrected chi connectivity index (χ0v) is 13.4. The first-order valence-electron chi connectivity index (χ1n) is 7.18. The van der Waals surface area contributed by atoms with Gasteiger partial charge in [0.15, 0.2) is 0 Å². The second kappa shape index (κ2) is 4.88. The largest absolute Gasteiger partial charge is 0.384 e. The number of fused-ring (bicyclic) bond motifs is 2. The topological polar surface area (TPSA) is 40.7 Å². The Bertz CT molecular complexity index is 822. The van der Waals surface area contributed by atoms with Gasteiger partial charge in [-0.3, -0.25) is 0 Å². The minimum atomic E-state index is 0.394. The van der Waals surface area contributed by atoms with Gasteiger partial charge < -0.3 is 10.3 Å². The Balaban J connectivity index is 1.73. The number of anilines is 1. The summed E-state index contributed by atoms with van der Waals surface area (Å²) in [5.41, 5.74) is 6.00. The number of nitrogens with zero attached hydrogens (tertiary/aromatic N) is 1. The molecule has 2 aromatic carbocycles. The van der Waals surface area contributed by atoms with Gasteiger partial charge in [0.2, 0.25) is 0 Å². The van der Waals surface area contributed by atoms with E-state index in [1.54, 1.807) is 0 Å². The molecule has 0 aliphatic carbocycles. The molecule has 1 unspecified atom stereocenters. The number of rotatable bonds is 1. The van der Waals surface area contributed by atoms with E-state index >= 15 is 0 Å². The molecule has 106 valence electrons. The van der Waals surface area contributed by atoms with E-state index in [1.165, 1.54) is 16.8 Å². The Morgan fingerprint density at radius 2 is 2.10 bits per heavy atom. The van der Waals surface area contributed by atoms with Gasteiger partial charge in [0.25, 0.3) is 0 Å². The molecular weight excluding hydrogens is 326 g/mol. The van der Waals surface area contributed by atoms with Crippen LogP contribution in [-0.2, 0) is 6.42 Å². The lowest BCUT2D eigenvalue weighted by atomic mass is 9.93. The van der Waals surface area contributed by atoms with Crippen LogP contribution in [0.5, 0.6) is 0 Å². The minimum Gasteiger partial charge on any atom is -0.384 e. The third-order valence-electron chi connectivity index (χ3n) is 4.17. The fourth-order valence-electron chi connectivity index (χ4n) is 3.09. The highest BCUT2D eigenvalue weighted by Crippen LogP contribution is 2.31. The Kier molecular flexibility index (Phi) is 3.00. The van der Waals surface area contributed by atoms with E-state index in [2.05, 4.69) is 69.6 Å². The van der Waals surface area contributed by atoms with Crippen LogP contribution in [0.1, 0.15) is 22.9 Å². The molecule has 2 heterocycles. The van der Waals surface area contributed by atoms with E-state index in [0.717, 1.165) is 34.3 Å². The van der Waals surface area contributed by atoms with Crippen molar-refractivity contribution in [2.75, 3.05) is 11.9 Å². The fraction of sp³-hybridized carbons (Fsp3) is 0.235. The first-order chi connectivity index (χ1) is 10.2. The maximum atomic E-state index is 4.83. The van der Waals surface area contributed by atoms with E-state index in [0.29, 0.717) is 5.92 Å². The van der Waals surface area contributed by atoms with Gasteiger partial charge in [0, 0.05) is 22.6 Å². The molecule has 0 saturated heterocycles. The Labute approximate surface area is 131 Å². The lowest BCUT2D eigenvalue weighted by Gasteiger charge is -2.24. The van der Waals surface area contributed by atoms with E-state index in [4.69, 9.17) is 4.98 Å². The summed E-state index contributed by atoms with van der Waals surface area (Å²) in [5.74, 6) is 1.47. The molecule has 2 N–H and O–H groups in total. The van der Waals surface area contributed by atoms with Crippen LogP contribution in [0.2, 0.25) is 0 Å². The number of nitrogens with one attached hydrogen (secondary N) is 2. The smallest absolute Gasteiger partial charge is 0.112 e. The molecule has 1 aliphatic heterocycles. The molecular formula is C17H16BrN3. The van der Waals surface area contributed by atoms with Gasteiger partial charge in [-0.15, -0.1) is 0 Å². The lowest BCUT2D eigenvalue weighted by molar-refractivity contribution is 0.659. The van der Waals surface area contributed by atoms with E-state index < -0.39 is 0 Å². The van der Waals surface area contributed by atoms with E-state index in [1.807, 2.05) is 0 Å². The van der Waals surface area contributed by atoms with Crippen molar-refractivity contribution in [3.05, 3.63) is 57.8 Å². The third-order valence-corrected chi connectivity index (χ3v) is 4.63. The number of halogens is 1. The van der Waals surface area contributed by atoms with Crippen molar-refractivity contribution >= 4 is 32.7 Å². The summed E-state index contributed by atoms with van der Waals surface area (Å²) in [6.45, 7) is 3.03. The summed E-state index contributed by atoms with van der Waals surface area (Å²) < 4.78 is 1.09. The lowest BCUT2D eigenvalue weighted by Crippen LogP contribution is -2.22. The van der Waals surface area contributed by atoms with Crippen LogP contribution in [0.25, 0.3) is 11.0 Å². The molecule has 1 atom stereocenters. The van der Waals surface area contributed by atoms with Crippen LogP contribution in [0.3, 0.4) is 0 Å². The van der Waals surface area contributed by atoms with Crippen LogP contribution in [0, 0.1) is 6.92 Å². The van der Waals surface area contributed by atoms with Crippen molar-refractivity contribution in [1.82, 2.24) is 9.97 Å². The van der Waals surface area contributed by atoms with E-state index in [-0.39, 0.29) is 0 Å². The number of hydrogen-bond acceptors (Lipinski definition) is 2. The summed E-state index contributed by atoms with van der Waals surface area (Å²) in [6, 6.07) is 12.7. The highest BCUT2D eigenvalue weighted by Gasteiger charge is 2.22. The minimum absolute atomic E-state index is 0.394. The van der Waals surface area contributed by atoms with Gasteiger partial charge >= 0.3 is 0 Å². The van der Waals surface area contributed by atoms with Gasteiger partial charge in [-0.1, -0.05) is 34.1 Å². The van der Waals surface area contributed by atoms with Gasteiger partial charge in [-0.25, -0.2) is 4.98 Å². The SMILES string of the molecule is Cc1cc(Br)cc2[nH]c(C3CNc4ccccc4C3)nc12. The van der Waals surface area contributed by atoms with Crippen LogP contribution in [-0.4, -0.2) is 16.5 Å². The second-order valence-corrected chi connectivity index (χ2v) is 6.60. The second-order valence-electron chi connectivity index (χ2n) is 5.68. The van der Waals surface area contributed by atoms with Crippen LogP contribution >= 0.6 is 15.9 Å².